The van der Waals surface area contributed by atoms with Gasteiger partial charge in [-0.05, 0) is 6.92 Å². The third-order valence-electron chi connectivity index (χ3n) is 2.56. The number of rotatable bonds is 4. The van der Waals surface area contributed by atoms with Crippen LogP contribution in [-0.4, -0.2) is 36.4 Å². The molecule has 1 aliphatic rings. The number of alkyl halides is 5. The molecule has 0 radical (unpaired) electrons. The normalized spacial score (nSPS) is 26.1. The van der Waals surface area contributed by atoms with Crippen LogP contribution in [0.2, 0.25) is 0 Å². The number of hydrogen-bond acceptors (Lipinski definition) is 3. The molecule has 0 spiro atoms. The van der Waals surface area contributed by atoms with Gasteiger partial charge in [0.2, 0.25) is 0 Å². The first-order valence-electron chi connectivity index (χ1n) is 5.02. The second kappa shape index (κ2) is 4.83. The Morgan fingerprint density at radius 3 is 2.33 bits per heavy atom. The van der Waals surface area contributed by atoms with Crippen molar-refractivity contribution in [3.8, 4) is 0 Å². The maximum atomic E-state index is 12.8. The number of ether oxygens (including phenoxy) is 2. The maximum Gasteiger partial charge on any atom is 0.456 e. The van der Waals surface area contributed by atoms with Gasteiger partial charge in [0.15, 0.2) is 0 Å². The molecular weight excluding hydrogens is 263 g/mol. The van der Waals surface area contributed by atoms with Crippen LogP contribution in [0.15, 0.2) is 12.7 Å². The summed E-state index contributed by atoms with van der Waals surface area (Å²) in [7, 11) is 0. The van der Waals surface area contributed by atoms with E-state index < -0.39 is 42.8 Å². The summed E-state index contributed by atoms with van der Waals surface area (Å²) >= 11 is 0. The Morgan fingerprint density at radius 2 is 1.94 bits per heavy atom. The van der Waals surface area contributed by atoms with Crippen molar-refractivity contribution in [2.24, 2.45) is 0 Å². The molecule has 104 valence electrons. The van der Waals surface area contributed by atoms with Crippen LogP contribution in [0.3, 0.4) is 0 Å². The van der Waals surface area contributed by atoms with Gasteiger partial charge in [0.05, 0.1) is 6.10 Å². The first-order chi connectivity index (χ1) is 8.09. The molecule has 0 saturated carbocycles. The minimum atomic E-state index is -5.65. The van der Waals surface area contributed by atoms with E-state index in [0.717, 1.165) is 6.08 Å². The second-order valence-electron chi connectivity index (χ2n) is 3.87. The fourth-order valence-electron chi connectivity index (χ4n) is 1.44. The van der Waals surface area contributed by atoms with Crippen LogP contribution >= 0.6 is 0 Å². The van der Waals surface area contributed by atoms with Gasteiger partial charge in [-0.2, -0.15) is 22.0 Å². The highest BCUT2D eigenvalue weighted by Gasteiger charge is 2.66. The number of halogens is 5. The predicted molar refractivity (Wildman–Crippen MR) is 50.0 cm³/mol. The topological polar surface area (TPSA) is 35.5 Å². The molecule has 1 heterocycles. The lowest BCUT2D eigenvalue weighted by atomic mass is 9.95. The fourth-order valence-corrected chi connectivity index (χ4v) is 1.44. The Balaban J connectivity index is 2.49. The van der Waals surface area contributed by atoms with E-state index in [0.29, 0.717) is 0 Å². The molecule has 1 aliphatic heterocycles. The summed E-state index contributed by atoms with van der Waals surface area (Å²) in [6.07, 6.45) is -9.42. The highest BCUT2D eigenvalue weighted by atomic mass is 19.4. The molecule has 18 heavy (non-hydrogen) atoms. The Bertz CT molecular complexity index is 333. The van der Waals surface area contributed by atoms with Crippen LogP contribution in [0.5, 0.6) is 0 Å². The Kier molecular flexibility index (Phi) is 3.99. The van der Waals surface area contributed by atoms with E-state index in [4.69, 9.17) is 0 Å². The summed E-state index contributed by atoms with van der Waals surface area (Å²) < 4.78 is 70.5. The predicted octanol–water partition coefficient (Wildman–Crippen LogP) is 2.46. The maximum absolute atomic E-state index is 12.8. The quantitative estimate of drug-likeness (QED) is 0.449. The fraction of sp³-hybridized carbons (Fsp3) is 0.700. The SMILES string of the molecule is C=CC(=O)OC(C)C1CC(C(F)(F)C(F)(F)F)O1. The van der Waals surface area contributed by atoms with E-state index in [9.17, 15) is 26.7 Å². The van der Waals surface area contributed by atoms with Crippen molar-refractivity contribution < 1.29 is 36.2 Å². The molecule has 0 aromatic rings. The second-order valence-corrected chi connectivity index (χ2v) is 3.87. The molecule has 3 unspecified atom stereocenters. The van der Waals surface area contributed by atoms with Gasteiger partial charge in [-0.25, -0.2) is 4.79 Å². The van der Waals surface area contributed by atoms with Crippen molar-refractivity contribution >= 4 is 5.97 Å². The van der Waals surface area contributed by atoms with E-state index in [1.807, 2.05) is 0 Å². The van der Waals surface area contributed by atoms with E-state index in [1.54, 1.807) is 0 Å². The van der Waals surface area contributed by atoms with Gasteiger partial charge in [0.1, 0.15) is 12.2 Å². The van der Waals surface area contributed by atoms with Crippen LogP contribution in [0.1, 0.15) is 13.3 Å². The zero-order valence-electron chi connectivity index (χ0n) is 9.34. The molecule has 8 heteroatoms. The first-order valence-corrected chi connectivity index (χ1v) is 5.02. The molecule has 0 aromatic heterocycles. The van der Waals surface area contributed by atoms with Gasteiger partial charge >= 0.3 is 18.1 Å². The molecule has 0 bridgehead atoms. The van der Waals surface area contributed by atoms with E-state index in [2.05, 4.69) is 16.1 Å². The van der Waals surface area contributed by atoms with Gasteiger partial charge in [0, 0.05) is 12.5 Å². The van der Waals surface area contributed by atoms with E-state index in [-0.39, 0.29) is 0 Å². The highest BCUT2D eigenvalue weighted by Crippen LogP contribution is 2.45. The summed E-state index contributed by atoms with van der Waals surface area (Å²) in [4.78, 5) is 10.8. The average Bonchev–Trinajstić information content (AvgIpc) is 2.12. The molecule has 0 amide bonds. The van der Waals surface area contributed by atoms with Crippen LogP contribution in [0, 0.1) is 0 Å². The van der Waals surface area contributed by atoms with Gasteiger partial charge in [-0.15, -0.1) is 0 Å². The lowest BCUT2D eigenvalue weighted by molar-refractivity contribution is -0.354. The Morgan fingerprint density at radius 1 is 1.44 bits per heavy atom. The lowest BCUT2D eigenvalue weighted by Crippen LogP contribution is -2.59. The summed E-state index contributed by atoms with van der Waals surface area (Å²) in [5.74, 6) is -5.69. The van der Waals surface area contributed by atoms with Gasteiger partial charge in [-0.1, -0.05) is 6.58 Å². The van der Waals surface area contributed by atoms with Crippen molar-refractivity contribution in [1.82, 2.24) is 0 Å². The minimum absolute atomic E-state index is 0.530. The Hall–Kier alpha value is -1.18. The van der Waals surface area contributed by atoms with Crippen LogP contribution in [0.25, 0.3) is 0 Å². The minimum Gasteiger partial charge on any atom is -0.457 e. The molecule has 0 aromatic carbocycles. The molecule has 3 atom stereocenters. The van der Waals surface area contributed by atoms with Crippen molar-refractivity contribution in [1.29, 1.82) is 0 Å². The summed E-state index contributed by atoms with van der Waals surface area (Å²) in [5.41, 5.74) is 0. The molecule has 0 N–H and O–H groups in total. The van der Waals surface area contributed by atoms with Crippen molar-refractivity contribution in [2.45, 2.75) is 43.8 Å². The van der Waals surface area contributed by atoms with Gasteiger partial charge in [0.25, 0.3) is 0 Å². The zero-order valence-corrected chi connectivity index (χ0v) is 9.34. The largest absolute Gasteiger partial charge is 0.457 e. The summed E-state index contributed by atoms with van der Waals surface area (Å²) in [6.45, 7) is 4.46. The smallest absolute Gasteiger partial charge is 0.456 e. The van der Waals surface area contributed by atoms with Crippen molar-refractivity contribution in [3.63, 3.8) is 0 Å². The van der Waals surface area contributed by atoms with Crippen LogP contribution < -0.4 is 0 Å². The number of carbonyl (C=O) groups is 1. The standard InChI is InChI=1S/C10H11F5O3/c1-3-8(16)17-5(2)6-4-7(18-6)9(11,12)10(13,14)15/h3,5-7H,1,4H2,2H3. The summed E-state index contributed by atoms with van der Waals surface area (Å²) in [5, 5.41) is 0. The lowest BCUT2D eigenvalue weighted by Gasteiger charge is -2.42. The molecule has 0 aliphatic carbocycles. The van der Waals surface area contributed by atoms with E-state index in [1.165, 1.54) is 6.92 Å². The highest BCUT2D eigenvalue weighted by molar-refractivity contribution is 5.81. The number of esters is 1. The van der Waals surface area contributed by atoms with E-state index >= 15 is 0 Å². The monoisotopic (exact) mass is 274 g/mol. The summed E-state index contributed by atoms with van der Waals surface area (Å²) in [6, 6.07) is 0. The first kappa shape index (κ1) is 14.9. The molecule has 1 fully saturated rings. The van der Waals surface area contributed by atoms with Crippen LogP contribution in [-0.2, 0) is 14.3 Å². The number of hydrogen-bond donors (Lipinski definition) is 0. The molecular formula is C10H11F5O3. The molecule has 1 rings (SSSR count). The third kappa shape index (κ3) is 2.80. The van der Waals surface area contributed by atoms with Crippen molar-refractivity contribution in [2.75, 3.05) is 0 Å². The third-order valence-corrected chi connectivity index (χ3v) is 2.56. The molecule has 1 saturated heterocycles. The molecule has 3 nitrogen and oxygen atoms in total. The zero-order chi connectivity index (χ0) is 14.1. The van der Waals surface area contributed by atoms with Crippen molar-refractivity contribution in [3.05, 3.63) is 12.7 Å². The number of carbonyl (C=O) groups excluding carboxylic acids is 1. The average molecular weight is 274 g/mol. The van der Waals surface area contributed by atoms with Gasteiger partial charge in [-0.3, -0.25) is 0 Å². The van der Waals surface area contributed by atoms with Crippen LogP contribution in [0.4, 0.5) is 22.0 Å². The van der Waals surface area contributed by atoms with Gasteiger partial charge < -0.3 is 9.47 Å². The Labute approximate surface area is 99.5 Å².